The molecule has 1 fully saturated rings. The molecule has 1 aliphatic rings. The number of pyridine rings is 1. The van der Waals surface area contributed by atoms with Crippen LogP contribution in [0.4, 0.5) is 0 Å². The normalized spacial score (nSPS) is 25.8. The molecule has 1 saturated heterocycles. The van der Waals surface area contributed by atoms with E-state index in [1.807, 2.05) is 6.07 Å². The molecule has 1 aliphatic heterocycles. The molecule has 0 bridgehead atoms. The molecule has 2 nitrogen and oxygen atoms in total. The molecule has 1 aromatic rings. The van der Waals surface area contributed by atoms with E-state index in [0.29, 0.717) is 16.4 Å². The Kier molecular flexibility index (Phi) is 3.93. The minimum absolute atomic E-state index is 0.305. The Morgan fingerprint density at radius 1 is 1.67 bits per heavy atom. The van der Waals surface area contributed by atoms with E-state index >= 15 is 0 Å². The van der Waals surface area contributed by atoms with Gasteiger partial charge in [-0.1, -0.05) is 23.4 Å². The molecule has 2 heterocycles. The highest BCUT2D eigenvalue weighted by atomic mass is 79.9. The van der Waals surface area contributed by atoms with Gasteiger partial charge in [-0.05, 0) is 35.3 Å². The van der Waals surface area contributed by atoms with Crippen molar-refractivity contribution < 1.29 is 4.74 Å². The third-order valence-corrected chi connectivity index (χ3v) is 4.89. The van der Waals surface area contributed by atoms with Crippen LogP contribution >= 0.6 is 39.3 Å². The lowest BCUT2D eigenvalue weighted by Gasteiger charge is -2.13. The standard InChI is InChI=1S/C10H11BrClNOS/c1-6-9(2-3-14-6)15-10-8(11)4-7(12)5-13-10/h4-6,9H,2-3H2,1H3. The number of hydrogen-bond acceptors (Lipinski definition) is 3. The fourth-order valence-corrected chi connectivity index (χ4v) is 3.47. The zero-order chi connectivity index (χ0) is 10.8. The lowest BCUT2D eigenvalue weighted by molar-refractivity contribution is 0.127. The number of ether oxygens (including phenoxy) is 1. The van der Waals surface area contributed by atoms with Crippen LogP contribution in [-0.2, 0) is 4.74 Å². The monoisotopic (exact) mass is 307 g/mol. The van der Waals surface area contributed by atoms with Crippen molar-refractivity contribution in [1.82, 2.24) is 4.98 Å². The molecule has 2 unspecified atom stereocenters. The largest absolute Gasteiger partial charge is 0.377 e. The van der Waals surface area contributed by atoms with Crippen LogP contribution in [0, 0.1) is 0 Å². The average molecular weight is 309 g/mol. The van der Waals surface area contributed by atoms with Crippen LogP contribution in [-0.4, -0.2) is 22.9 Å². The molecular weight excluding hydrogens is 298 g/mol. The Morgan fingerprint density at radius 2 is 2.47 bits per heavy atom. The maximum Gasteiger partial charge on any atom is 0.111 e. The molecule has 0 aromatic carbocycles. The topological polar surface area (TPSA) is 22.1 Å². The number of rotatable bonds is 2. The quantitative estimate of drug-likeness (QED) is 0.830. The van der Waals surface area contributed by atoms with Gasteiger partial charge in [0.25, 0.3) is 0 Å². The van der Waals surface area contributed by atoms with Gasteiger partial charge in [-0.15, -0.1) is 0 Å². The summed E-state index contributed by atoms with van der Waals surface area (Å²) in [5.74, 6) is 0. The smallest absolute Gasteiger partial charge is 0.111 e. The average Bonchev–Trinajstić information content (AvgIpc) is 2.57. The second-order valence-electron chi connectivity index (χ2n) is 3.46. The predicted octanol–water partition coefficient (Wildman–Crippen LogP) is 3.77. The van der Waals surface area contributed by atoms with Crippen molar-refractivity contribution in [2.24, 2.45) is 0 Å². The lowest BCUT2D eigenvalue weighted by atomic mass is 10.3. The summed E-state index contributed by atoms with van der Waals surface area (Å²) in [4.78, 5) is 4.30. The summed E-state index contributed by atoms with van der Waals surface area (Å²) in [6.07, 6.45) is 3.07. The molecule has 15 heavy (non-hydrogen) atoms. The van der Waals surface area contributed by atoms with E-state index in [1.54, 1.807) is 18.0 Å². The Morgan fingerprint density at radius 3 is 3.07 bits per heavy atom. The molecular formula is C10H11BrClNOS. The zero-order valence-electron chi connectivity index (χ0n) is 8.24. The van der Waals surface area contributed by atoms with Crippen molar-refractivity contribution in [2.75, 3.05) is 6.61 Å². The molecule has 2 atom stereocenters. The summed E-state index contributed by atoms with van der Waals surface area (Å²) in [6, 6.07) is 1.87. The third kappa shape index (κ3) is 2.87. The zero-order valence-corrected chi connectivity index (χ0v) is 11.4. The molecule has 5 heteroatoms. The van der Waals surface area contributed by atoms with E-state index in [-0.39, 0.29) is 0 Å². The summed E-state index contributed by atoms with van der Waals surface area (Å²) in [7, 11) is 0. The van der Waals surface area contributed by atoms with E-state index in [1.165, 1.54) is 0 Å². The first-order chi connectivity index (χ1) is 7.16. The van der Waals surface area contributed by atoms with Gasteiger partial charge in [0.1, 0.15) is 5.03 Å². The van der Waals surface area contributed by atoms with Crippen LogP contribution in [0.25, 0.3) is 0 Å². The first-order valence-corrected chi connectivity index (χ1v) is 6.81. The Bertz CT molecular complexity index is 363. The second kappa shape index (κ2) is 5.04. The Balaban J connectivity index is 2.10. The Labute approximate surface area is 107 Å². The van der Waals surface area contributed by atoms with Crippen LogP contribution in [0.5, 0.6) is 0 Å². The van der Waals surface area contributed by atoms with Crippen molar-refractivity contribution in [3.63, 3.8) is 0 Å². The minimum Gasteiger partial charge on any atom is -0.377 e. The highest BCUT2D eigenvalue weighted by molar-refractivity contribution is 9.10. The maximum absolute atomic E-state index is 5.84. The van der Waals surface area contributed by atoms with Gasteiger partial charge in [0.05, 0.1) is 15.6 Å². The highest BCUT2D eigenvalue weighted by Gasteiger charge is 2.26. The fraction of sp³-hybridized carbons (Fsp3) is 0.500. The Hall–Kier alpha value is 0.230. The SMILES string of the molecule is CC1OCCC1Sc1ncc(Cl)cc1Br. The number of hydrogen-bond donors (Lipinski definition) is 0. The molecule has 2 rings (SSSR count). The molecule has 0 spiro atoms. The van der Waals surface area contributed by atoms with Crippen LogP contribution in [0.1, 0.15) is 13.3 Å². The molecule has 0 N–H and O–H groups in total. The van der Waals surface area contributed by atoms with Crippen molar-refractivity contribution in [2.45, 2.75) is 29.7 Å². The minimum atomic E-state index is 0.305. The number of halogens is 2. The van der Waals surface area contributed by atoms with Gasteiger partial charge in [-0.2, -0.15) is 0 Å². The molecule has 1 aromatic heterocycles. The van der Waals surface area contributed by atoms with Gasteiger partial charge >= 0.3 is 0 Å². The van der Waals surface area contributed by atoms with E-state index < -0.39 is 0 Å². The summed E-state index contributed by atoms with van der Waals surface area (Å²) in [5, 5.41) is 2.14. The van der Waals surface area contributed by atoms with Crippen molar-refractivity contribution in [1.29, 1.82) is 0 Å². The molecule has 0 saturated carbocycles. The third-order valence-electron chi connectivity index (χ3n) is 2.34. The number of aromatic nitrogens is 1. The van der Waals surface area contributed by atoms with Crippen LogP contribution in [0.2, 0.25) is 5.02 Å². The van der Waals surface area contributed by atoms with Gasteiger partial charge < -0.3 is 4.74 Å². The van der Waals surface area contributed by atoms with Gasteiger partial charge in [0.15, 0.2) is 0 Å². The predicted molar refractivity (Wildman–Crippen MR) is 66.6 cm³/mol. The maximum atomic E-state index is 5.84. The van der Waals surface area contributed by atoms with Crippen LogP contribution < -0.4 is 0 Å². The van der Waals surface area contributed by atoms with Gasteiger partial charge in [-0.25, -0.2) is 4.98 Å². The molecule has 0 amide bonds. The van der Waals surface area contributed by atoms with E-state index in [9.17, 15) is 0 Å². The van der Waals surface area contributed by atoms with E-state index in [0.717, 1.165) is 22.5 Å². The summed E-state index contributed by atoms with van der Waals surface area (Å²) in [5.41, 5.74) is 0. The molecule has 0 aliphatic carbocycles. The van der Waals surface area contributed by atoms with Gasteiger partial charge in [0, 0.05) is 18.1 Å². The highest BCUT2D eigenvalue weighted by Crippen LogP contribution is 2.35. The summed E-state index contributed by atoms with van der Waals surface area (Å²) < 4.78 is 6.47. The number of nitrogens with zero attached hydrogens (tertiary/aromatic N) is 1. The van der Waals surface area contributed by atoms with Crippen molar-refractivity contribution in [3.05, 3.63) is 21.8 Å². The first kappa shape index (κ1) is 11.7. The first-order valence-electron chi connectivity index (χ1n) is 4.76. The fourth-order valence-electron chi connectivity index (χ4n) is 1.50. The van der Waals surface area contributed by atoms with Crippen LogP contribution in [0.3, 0.4) is 0 Å². The summed E-state index contributed by atoms with van der Waals surface area (Å²) in [6.45, 7) is 2.96. The van der Waals surface area contributed by atoms with Crippen molar-refractivity contribution in [3.8, 4) is 0 Å². The van der Waals surface area contributed by atoms with E-state index in [4.69, 9.17) is 16.3 Å². The van der Waals surface area contributed by atoms with Gasteiger partial charge in [-0.3, -0.25) is 0 Å². The lowest BCUT2D eigenvalue weighted by Crippen LogP contribution is -2.13. The molecule has 0 radical (unpaired) electrons. The number of thioether (sulfide) groups is 1. The second-order valence-corrected chi connectivity index (χ2v) is 5.98. The van der Waals surface area contributed by atoms with Crippen LogP contribution in [0.15, 0.2) is 21.8 Å². The van der Waals surface area contributed by atoms with Crippen molar-refractivity contribution >= 4 is 39.3 Å². The van der Waals surface area contributed by atoms with Gasteiger partial charge in [0.2, 0.25) is 0 Å². The van der Waals surface area contributed by atoms with E-state index in [2.05, 4.69) is 27.8 Å². The molecule has 82 valence electrons. The summed E-state index contributed by atoms with van der Waals surface area (Å²) >= 11 is 11.1.